The van der Waals surface area contributed by atoms with Crippen molar-refractivity contribution in [3.05, 3.63) is 48.5 Å². The Morgan fingerprint density at radius 1 is 1.28 bits per heavy atom. The van der Waals surface area contributed by atoms with Crippen LogP contribution in [0.25, 0.3) is 11.6 Å². The molecule has 130 valence electrons. The van der Waals surface area contributed by atoms with Crippen molar-refractivity contribution in [3.8, 4) is 11.6 Å². The van der Waals surface area contributed by atoms with Crippen LogP contribution < -0.4 is 5.32 Å². The molecule has 2 heterocycles. The van der Waals surface area contributed by atoms with Crippen LogP contribution in [0.4, 0.5) is 10.1 Å². The highest BCUT2D eigenvalue weighted by molar-refractivity contribution is 7.99. The maximum atomic E-state index is 13.6. The summed E-state index contributed by atoms with van der Waals surface area (Å²) in [7, 11) is 0. The number of benzene rings is 1. The van der Waals surface area contributed by atoms with Crippen LogP contribution in [0, 0.1) is 5.82 Å². The Morgan fingerprint density at radius 2 is 2.08 bits per heavy atom. The summed E-state index contributed by atoms with van der Waals surface area (Å²) in [5.41, 5.74) is 0.162. The third-order valence-corrected chi connectivity index (χ3v) is 4.35. The van der Waals surface area contributed by atoms with Gasteiger partial charge in [0.25, 0.3) is 0 Å². The Morgan fingerprint density at radius 3 is 2.76 bits per heavy atom. The number of nitrogens with zero attached hydrogens (tertiary/aromatic N) is 3. The van der Waals surface area contributed by atoms with E-state index in [0.717, 1.165) is 0 Å². The molecule has 25 heavy (non-hydrogen) atoms. The number of rotatable bonds is 6. The molecule has 0 saturated carbocycles. The van der Waals surface area contributed by atoms with Gasteiger partial charge in [0.05, 0.1) is 17.7 Å². The van der Waals surface area contributed by atoms with E-state index in [1.807, 2.05) is 24.5 Å². The Labute approximate surface area is 148 Å². The molecule has 1 aromatic carbocycles. The summed E-state index contributed by atoms with van der Waals surface area (Å²) < 4.78 is 20.9. The van der Waals surface area contributed by atoms with E-state index in [1.165, 1.54) is 23.9 Å². The monoisotopic (exact) mass is 360 g/mol. The number of hydrogen-bond acceptors (Lipinski definition) is 5. The van der Waals surface area contributed by atoms with Gasteiger partial charge in [-0.2, -0.15) is 0 Å². The molecule has 6 nitrogen and oxygen atoms in total. The van der Waals surface area contributed by atoms with Crippen molar-refractivity contribution in [1.29, 1.82) is 0 Å². The highest BCUT2D eigenvalue weighted by atomic mass is 32.2. The molecular weight excluding hydrogens is 343 g/mol. The average Bonchev–Trinajstić information content (AvgIpc) is 3.24. The fourth-order valence-corrected chi connectivity index (χ4v) is 3.16. The van der Waals surface area contributed by atoms with Gasteiger partial charge in [0.1, 0.15) is 5.82 Å². The van der Waals surface area contributed by atoms with E-state index in [1.54, 1.807) is 24.5 Å². The Hall–Kier alpha value is -2.61. The molecule has 1 amide bonds. The Bertz CT molecular complexity index is 861. The summed E-state index contributed by atoms with van der Waals surface area (Å²) in [6.07, 6.45) is 1.57. The molecule has 0 saturated heterocycles. The lowest BCUT2D eigenvalue weighted by Crippen LogP contribution is -2.15. The number of para-hydroxylation sites is 1. The van der Waals surface area contributed by atoms with E-state index in [0.29, 0.717) is 16.7 Å². The van der Waals surface area contributed by atoms with Crippen LogP contribution in [0.15, 0.2) is 52.2 Å². The van der Waals surface area contributed by atoms with Crippen LogP contribution in [-0.2, 0) is 4.79 Å². The number of carbonyl (C=O) groups is 1. The lowest BCUT2D eigenvalue weighted by atomic mass is 10.3. The van der Waals surface area contributed by atoms with Crippen LogP contribution in [-0.4, -0.2) is 26.4 Å². The fraction of sp³-hybridized carbons (Fsp3) is 0.235. The lowest BCUT2D eigenvalue weighted by molar-refractivity contribution is -0.113. The van der Waals surface area contributed by atoms with Gasteiger partial charge in [0.15, 0.2) is 10.9 Å². The topological polar surface area (TPSA) is 73.0 Å². The molecule has 0 aliphatic heterocycles. The van der Waals surface area contributed by atoms with Crippen molar-refractivity contribution < 1.29 is 13.6 Å². The molecule has 2 aromatic heterocycles. The number of amides is 1. The number of aromatic nitrogens is 3. The molecule has 0 unspecified atom stereocenters. The van der Waals surface area contributed by atoms with Gasteiger partial charge < -0.3 is 9.73 Å². The predicted molar refractivity (Wildman–Crippen MR) is 93.9 cm³/mol. The first-order chi connectivity index (χ1) is 12.1. The smallest absolute Gasteiger partial charge is 0.234 e. The minimum absolute atomic E-state index is 0.0900. The molecule has 0 radical (unpaired) electrons. The molecule has 0 aliphatic rings. The maximum Gasteiger partial charge on any atom is 0.234 e. The summed E-state index contributed by atoms with van der Waals surface area (Å²) in [6, 6.07) is 9.73. The first-order valence-electron chi connectivity index (χ1n) is 7.72. The van der Waals surface area contributed by atoms with Crippen molar-refractivity contribution >= 4 is 23.4 Å². The second-order valence-corrected chi connectivity index (χ2v) is 6.51. The average molecular weight is 360 g/mol. The van der Waals surface area contributed by atoms with Crippen LogP contribution in [0.1, 0.15) is 19.9 Å². The van der Waals surface area contributed by atoms with Gasteiger partial charge in [0.2, 0.25) is 11.7 Å². The molecular formula is C17H17FN4O2S. The number of nitrogens with one attached hydrogen (secondary N) is 1. The van der Waals surface area contributed by atoms with Crippen molar-refractivity contribution in [1.82, 2.24) is 14.8 Å². The number of anilines is 1. The SMILES string of the molecule is CC(C)n1c(SCC(=O)Nc2ccccc2F)nnc1-c1ccco1. The molecule has 0 bridgehead atoms. The van der Waals surface area contributed by atoms with E-state index >= 15 is 0 Å². The normalized spacial score (nSPS) is 11.0. The largest absolute Gasteiger partial charge is 0.461 e. The van der Waals surface area contributed by atoms with Gasteiger partial charge in [0, 0.05) is 6.04 Å². The van der Waals surface area contributed by atoms with Gasteiger partial charge in [-0.25, -0.2) is 4.39 Å². The summed E-state index contributed by atoms with van der Waals surface area (Å²) in [5.74, 6) is 0.539. The van der Waals surface area contributed by atoms with E-state index < -0.39 is 5.82 Å². The van der Waals surface area contributed by atoms with Crippen molar-refractivity contribution in [2.45, 2.75) is 25.0 Å². The third kappa shape index (κ3) is 3.90. The van der Waals surface area contributed by atoms with Crippen LogP contribution >= 0.6 is 11.8 Å². The lowest BCUT2D eigenvalue weighted by Gasteiger charge is -2.12. The molecule has 0 fully saturated rings. The fourth-order valence-electron chi connectivity index (χ4n) is 2.29. The number of halogens is 1. The van der Waals surface area contributed by atoms with Gasteiger partial charge >= 0.3 is 0 Å². The standard InChI is InChI=1S/C17H17FN4O2S/c1-11(2)22-16(14-8-5-9-24-14)20-21-17(22)25-10-15(23)19-13-7-4-3-6-12(13)18/h3-9,11H,10H2,1-2H3,(H,19,23). The molecule has 3 rings (SSSR count). The Balaban J connectivity index is 1.71. The van der Waals surface area contributed by atoms with Gasteiger partial charge in [-0.05, 0) is 38.1 Å². The van der Waals surface area contributed by atoms with Crippen molar-refractivity contribution in [2.24, 2.45) is 0 Å². The first-order valence-corrected chi connectivity index (χ1v) is 8.70. The van der Waals surface area contributed by atoms with Gasteiger partial charge in [-0.15, -0.1) is 10.2 Å². The zero-order valence-corrected chi connectivity index (χ0v) is 14.6. The second-order valence-electron chi connectivity index (χ2n) is 5.56. The molecule has 0 spiro atoms. The number of hydrogen-bond donors (Lipinski definition) is 1. The molecule has 1 N–H and O–H groups in total. The van der Waals surface area contributed by atoms with Crippen molar-refractivity contribution in [3.63, 3.8) is 0 Å². The minimum Gasteiger partial charge on any atom is -0.461 e. The number of furan rings is 1. The van der Waals surface area contributed by atoms with Crippen molar-refractivity contribution in [2.75, 3.05) is 11.1 Å². The highest BCUT2D eigenvalue weighted by Crippen LogP contribution is 2.28. The summed E-state index contributed by atoms with van der Waals surface area (Å²) >= 11 is 1.24. The maximum absolute atomic E-state index is 13.6. The van der Waals surface area contributed by atoms with E-state index in [2.05, 4.69) is 15.5 Å². The third-order valence-electron chi connectivity index (χ3n) is 3.40. The van der Waals surface area contributed by atoms with Crippen LogP contribution in [0.3, 0.4) is 0 Å². The molecule has 0 aliphatic carbocycles. The summed E-state index contributed by atoms with van der Waals surface area (Å²) in [5, 5.41) is 11.5. The molecule has 8 heteroatoms. The van der Waals surface area contributed by atoms with Crippen LogP contribution in [0.2, 0.25) is 0 Å². The summed E-state index contributed by atoms with van der Waals surface area (Å²) in [6.45, 7) is 4.00. The zero-order valence-electron chi connectivity index (χ0n) is 13.8. The summed E-state index contributed by atoms with van der Waals surface area (Å²) in [4.78, 5) is 12.1. The molecule has 0 atom stereocenters. The quantitative estimate of drug-likeness (QED) is 0.673. The van der Waals surface area contributed by atoms with Gasteiger partial charge in [-0.3, -0.25) is 9.36 Å². The minimum atomic E-state index is -0.466. The molecule has 3 aromatic rings. The van der Waals surface area contributed by atoms with E-state index in [-0.39, 0.29) is 23.4 Å². The van der Waals surface area contributed by atoms with Crippen LogP contribution in [0.5, 0.6) is 0 Å². The Kier molecular flexibility index (Phi) is 5.18. The second kappa shape index (κ2) is 7.52. The van der Waals surface area contributed by atoms with E-state index in [9.17, 15) is 9.18 Å². The first kappa shape index (κ1) is 17.2. The van der Waals surface area contributed by atoms with Gasteiger partial charge in [-0.1, -0.05) is 23.9 Å². The number of carbonyl (C=O) groups excluding carboxylic acids is 1. The zero-order chi connectivity index (χ0) is 17.8. The predicted octanol–water partition coefficient (Wildman–Crippen LogP) is 3.99. The van der Waals surface area contributed by atoms with E-state index in [4.69, 9.17) is 4.42 Å². The highest BCUT2D eigenvalue weighted by Gasteiger charge is 2.19. The number of thioether (sulfide) groups is 1.